The van der Waals surface area contributed by atoms with Gasteiger partial charge in [-0.15, -0.1) is 11.3 Å². The summed E-state index contributed by atoms with van der Waals surface area (Å²) in [6.07, 6.45) is 3.91. The number of aliphatic hydroxyl groups excluding tert-OH is 1. The maximum Gasteiger partial charge on any atom is 0.338 e. The fraction of sp³-hybridized carbons (Fsp3) is 0.435. The molecule has 1 aliphatic carbocycles. The number of aliphatic hydroxyl groups is 1. The first-order valence-corrected chi connectivity index (χ1v) is 14.3. The number of carbonyl (C=O) groups is 1. The smallest absolute Gasteiger partial charge is 0.338 e. The van der Waals surface area contributed by atoms with Crippen LogP contribution >= 0.6 is 22.9 Å². The fourth-order valence-corrected chi connectivity index (χ4v) is 6.51. The van der Waals surface area contributed by atoms with Gasteiger partial charge >= 0.3 is 5.97 Å². The molecule has 1 unspecified atom stereocenters. The van der Waals surface area contributed by atoms with Crippen molar-refractivity contribution < 1.29 is 27.4 Å². The quantitative estimate of drug-likeness (QED) is 0.426. The number of aliphatic imine (C=N–C) groups is 1. The van der Waals surface area contributed by atoms with Gasteiger partial charge in [0.15, 0.2) is 10.8 Å². The monoisotopic (exact) mass is 556 g/mol. The van der Waals surface area contributed by atoms with Gasteiger partial charge in [-0.2, -0.15) is 0 Å². The Labute approximate surface area is 217 Å². The van der Waals surface area contributed by atoms with Gasteiger partial charge in [0.25, 0.3) is 0 Å². The Kier molecular flexibility index (Phi) is 8.41. The van der Waals surface area contributed by atoms with E-state index in [1.54, 1.807) is 6.20 Å². The highest BCUT2D eigenvalue weighted by atomic mass is 35.5. The average molecular weight is 557 g/mol. The Morgan fingerprint density at radius 3 is 2.69 bits per heavy atom. The number of ether oxygens (including phenoxy) is 1. The third kappa shape index (κ3) is 5.94. The van der Waals surface area contributed by atoms with Crippen LogP contribution in [-0.2, 0) is 19.6 Å². The minimum Gasteiger partial charge on any atom is -0.466 e. The molecule has 1 aromatic carbocycles. The molecule has 9 nitrogen and oxygen atoms in total. The van der Waals surface area contributed by atoms with Crippen LogP contribution in [0.25, 0.3) is 0 Å². The Morgan fingerprint density at radius 2 is 2.08 bits per heavy atom. The van der Waals surface area contributed by atoms with Crippen molar-refractivity contribution >= 4 is 44.8 Å². The number of nitrogens with zero attached hydrogens (tertiary/aromatic N) is 2. The number of hydrogen-bond acceptors (Lipinski definition) is 9. The summed E-state index contributed by atoms with van der Waals surface area (Å²) >= 11 is 7.76. The van der Waals surface area contributed by atoms with Crippen LogP contribution in [0.5, 0.6) is 0 Å². The Balaban J connectivity index is 1.70. The van der Waals surface area contributed by atoms with Crippen LogP contribution in [0.2, 0.25) is 5.02 Å². The van der Waals surface area contributed by atoms with E-state index >= 15 is 0 Å². The topological polar surface area (TPSA) is 130 Å². The zero-order valence-electron chi connectivity index (χ0n) is 19.4. The lowest BCUT2D eigenvalue weighted by Gasteiger charge is -2.35. The summed E-state index contributed by atoms with van der Waals surface area (Å²) in [5.41, 5.74) is 1.34. The number of aromatic nitrogens is 1. The average Bonchev–Trinajstić information content (AvgIpc) is 3.38. The minimum absolute atomic E-state index is 0.120. The lowest BCUT2D eigenvalue weighted by Crippen LogP contribution is -2.42. The van der Waals surface area contributed by atoms with E-state index < -0.39 is 34.5 Å². The number of methoxy groups -OCH3 is 1. The largest absolute Gasteiger partial charge is 0.466 e. The van der Waals surface area contributed by atoms with Gasteiger partial charge in [0.05, 0.1) is 25.0 Å². The van der Waals surface area contributed by atoms with Gasteiger partial charge in [-0.05, 0) is 43.7 Å². The van der Waals surface area contributed by atoms with Crippen molar-refractivity contribution in [3.05, 3.63) is 62.5 Å². The standard InChI is InChI=1S/C23H26ClFN4O5S2/c1-34-23(31)18-19(13-2-5-15(6-3-13)29-36(32,33)11-9-30)27-21(22-26-8-10-35-22)28-20(18)16-7-4-14(25)12-17(16)24/h4,7-8,10,12-13,15,20,29-30H,2-3,5-6,9,11H2,1H3,(H,27,28)/t13-,15-,20?. The summed E-state index contributed by atoms with van der Waals surface area (Å²) in [6, 6.07) is 2.83. The van der Waals surface area contributed by atoms with Crippen molar-refractivity contribution in [1.29, 1.82) is 0 Å². The predicted molar refractivity (Wildman–Crippen MR) is 135 cm³/mol. The number of thiazole rings is 1. The number of rotatable bonds is 8. The lowest BCUT2D eigenvalue weighted by atomic mass is 9.80. The molecule has 2 aromatic rings. The molecule has 1 saturated carbocycles. The molecule has 0 radical (unpaired) electrons. The molecule has 3 N–H and O–H groups in total. The molecular formula is C23H26ClFN4O5S2. The molecule has 4 rings (SSSR count). The third-order valence-corrected chi connectivity index (χ3v) is 8.73. The maximum atomic E-state index is 13.8. The number of halogens is 2. The highest BCUT2D eigenvalue weighted by molar-refractivity contribution is 7.89. The first-order chi connectivity index (χ1) is 17.2. The third-order valence-electron chi connectivity index (χ3n) is 6.21. The van der Waals surface area contributed by atoms with Crippen LogP contribution in [0, 0.1) is 11.7 Å². The highest BCUT2D eigenvalue weighted by Crippen LogP contribution is 2.41. The normalized spacial score (nSPS) is 22.7. The van der Waals surface area contributed by atoms with Crippen molar-refractivity contribution in [2.75, 3.05) is 19.5 Å². The molecule has 1 atom stereocenters. The molecule has 2 aliphatic rings. The van der Waals surface area contributed by atoms with Crippen molar-refractivity contribution in [2.45, 2.75) is 37.8 Å². The van der Waals surface area contributed by atoms with Gasteiger partial charge in [-0.3, -0.25) is 4.99 Å². The number of esters is 1. The second-order valence-corrected chi connectivity index (χ2v) is 11.7. The van der Waals surface area contributed by atoms with Gasteiger partial charge < -0.3 is 15.2 Å². The van der Waals surface area contributed by atoms with E-state index in [4.69, 9.17) is 26.4 Å². The van der Waals surface area contributed by atoms with Gasteiger partial charge in [0, 0.05) is 33.9 Å². The number of hydrogen-bond donors (Lipinski definition) is 3. The number of amidine groups is 1. The molecule has 36 heavy (non-hydrogen) atoms. The second-order valence-electron chi connectivity index (χ2n) is 8.54. The van der Waals surface area contributed by atoms with Crippen molar-refractivity contribution in [3.8, 4) is 0 Å². The Morgan fingerprint density at radius 1 is 1.33 bits per heavy atom. The van der Waals surface area contributed by atoms with E-state index in [0.717, 1.165) is 0 Å². The first kappa shape index (κ1) is 26.7. The van der Waals surface area contributed by atoms with E-state index in [9.17, 15) is 17.6 Å². The number of allylic oxidation sites excluding steroid dienone is 1. The summed E-state index contributed by atoms with van der Waals surface area (Å²) in [7, 11) is -2.29. The summed E-state index contributed by atoms with van der Waals surface area (Å²) in [5, 5.41) is 14.8. The molecule has 0 bridgehead atoms. The SMILES string of the molecule is COC(=O)C1=C([C@H]2CC[C@H](NS(=O)(=O)CCO)CC2)NC(c2nccs2)=NC1c1ccc(F)cc1Cl. The zero-order valence-corrected chi connectivity index (χ0v) is 21.8. The van der Waals surface area contributed by atoms with Crippen LogP contribution in [-0.4, -0.2) is 55.8 Å². The van der Waals surface area contributed by atoms with Crippen LogP contribution in [0.3, 0.4) is 0 Å². The maximum absolute atomic E-state index is 13.8. The molecule has 0 saturated heterocycles. The van der Waals surface area contributed by atoms with Crippen LogP contribution < -0.4 is 10.0 Å². The molecule has 0 spiro atoms. The zero-order chi connectivity index (χ0) is 25.9. The van der Waals surface area contributed by atoms with Crippen molar-refractivity contribution in [2.24, 2.45) is 10.9 Å². The van der Waals surface area contributed by atoms with Gasteiger partial charge in [0.2, 0.25) is 10.0 Å². The number of sulfonamides is 1. The first-order valence-electron chi connectivity index (χ1n) is 11.3. The van der Waals surface area contributed by atoms with Crippen LogP contribution in [0.1, 0.15) is 42.3 Å². The second kappa shape index (κ2) is 11.3. The summed E-state index contributed by atoms with van der Waals surface area (Å²) in [6.45, 7) is -0.448. The molecule has 13 heteroatoms. The summed E-state index contributed by atoms with van der Waals surface area (Å²) in [4.78, 5) is 22.1. The fourth-order valence-electron chi connectivity index (χ4n) is 4.55. The molecule has 1 aliphatic heterocycles. The predicted octanol–water partition coefficient (Wildman–Crippen LogP) is 2.92. The van der Waals surface area contributed by atoms with Crippen LogP contribution in [0.15, 0.2) is 46.0 Å². The number of nitrogens with one attached hydrogen (secondary N) is 2. The van der Waals surface area contributed by atoms with E-state index in [0.29, 0.717) is 47.8 Å². The Hall–Kier alpha value is -2.38. The molecule has 2 heterocycles. The number of carbonyl (C=O) groups excluding carboxylic acids is 1. The lowest BCUT2D eigenvalue weighted by molar-refractivity contribution is -0.136. The Bertz CT molecular complexity index is 1280. The molecule has 1 aromatic heterocycles. The molecule has 0 amide bonds. The summed E-state index contributed by atoms with van der Waals surface area (Å²) < 4.78 is 45.7. The van der Waals surface area contributed by atoms with Gasteiger partial charge in [0.1, 0.15) is 11.9 Å². The van der Waals surface area contributed by atoms with Crippen molar-refractivity contribution in [1.82, 2.24) is 15.0 Å². The van der Waals surface area contributed by atoms with Crippen molar-refractivity contribution in [3.63, 3.8) is 0 Å². The number of benzene rings is 1. The van der Waals surface area contributed by atoms with E-state index in [2.05, 4.69) is 15.0 Å². The van der Waals surface area contributed by atoms with E-state index in [-0.39, 0.29) is 28.3 Å². The minimum atomic E-state index is -3.57. The van der Waals surface area contributed by atoms with E-state index in [1.807, 2.05) is 5.38 Å². The molecule has 194 valence electrons. The summed E-state index contributed by atoms with van der Waals surface area (Å²) in [5.74, 6) is -1.10. The molecule has 1 fully saturated rings. The molecular weight excluding hydrogens is 531 g/mol. The van der Waals surface area contributed by atoms with E-state index in [1.165, 1.54) is 36.6 Å². The van der Waals surface area contributed by atoms with Crippen LogP contribution in [0.4, 0.5) is 4.39 Å². The highest BCUT2D eigenvalue weighted by Gasteiger charge is 2.38. The van der Waals surface area contributed by atoms with Gasteiger partial charge in [-0.1, -0.05) is 17.7 Å². The van der Waals surface area contributed by atoms with Gasteiger partial charge in [-0.25, -0.2) is 27.3 Å².